The molecule has 0 amide bonds. The third-order valence-corrected chi connectivity index (χ3v) is 5.07. The number of hydrogen-bond acceptors (Lipinski definition) is 5. The fourth-order valence-corrected chi connectivity index (χ4v) is 3.50. The third-order valence-electron chi connectivity index (χ3n) is 5.07. The first kappa shape index (κ1) is 18.2. The molecule has 1 aromatic heterocycles. The topological polar surface area (TPSA) is 35.5 Å². The predicted octanol–water partition coefficient (Wildman–Crippen LogP) is 4.02. The molecule has 5 nitrogen and oxygen atoms in total. The van der Waals surface area contributed by atoms with Crippen molar-refractivity contribution < 1.29 is 4.39 Å². The molecule has 1 aliphatic rings. The van der Waals surface area contributed by atoms with Crippen molar-refractivity contribution in [1.82, 2.24) is 9.97 Å². The lowest BCUT2D eigenvalue weighted by molar-refractivity contribution is 0.596. The summed E-state index contributed by atoms with van der Waals surface area (Å²) in [6.07, 6.45) is 0. The van der Waals surface area contributed by atoms with Crippen molar-refractivity contribution in [3.63, 3.8) is 0 Å². The van der Waals surface area contributed by atoms with Crippen molar-refractivity contribution in [3.05, 3.63) is 72.2 Å². The Hall–Kier alpha value is -3.15. The monoisotopic (exact) mass is 377 g/mol. The quantitative estimate of drug-likeness (QED) is 0.686. The molecule has 6 heteroatoms. The Kier molecular flexibility index (Phi) is 5.10. The molecule has 2 heterocycles. The van der Waals surface area contributed by atoms with Crippen molar-refractivity contribution >= 4 is 23.1 Å². The van der Waals surface area contributed by atoms with Crippen LogP contribution in [0.4, 0.5) is 27.5 Å². The summed E-state index contributed by atoms with van der Waals surface area (Å²) in [5, 5.41) is 0. The smallest absolute Gasteiger partial charge is 0.231 e. The van der Waals surface area contributed by atoms with E-state index in [9.17, 15) is 4.39 Å². The largest absolute Gasteiger partial charge is 0.366 e. The van der Waals surface area contributed by atoms with E-state index in [0.29, 0.717) is 11.6 Å². The van der Waals surface area contributed by atoms with E-state index in [-0.39, 0.29) is 5.82 Å². The van der Waals surface area contributed by atoms with Gasteiger partial charge in [-0.2, -0.15) is 4.98 Å². The highest BCUT2D eigenvalue weighted by Crippen LogP contribution is 2.25. The summed E-state index contributed by atoms with van der Waals surface area (Å²) in [6, 6.07) is 19.1. The average molecular weight is 377 g/mol. The fourth-order valence-electron chi connectivity index (χ4n) is 3.50. The molecule has 3 aromatic rings. The summed E-state index contributed by atoms with van der Waals surface area (Å²) in [4.78, 5) is 15.7. The van der Waals surface area contributed by atoms with E-state index in [1.165, 1.54) is 6.07 Å². The molecule has 0 unspecified atom stereocenters. The maximum absolute atomic E-state index is 14.1. The Morgan fingerprint density at radius 2 is 1.50 bits per heavy atom. The zero-order chi connectivity index (χ0) is 19.5. The van der Waals surface area contributed by atoms with E-state index in [2.05, 4.69) is 14.8 Å². The van der Waals surface area contributed by atoms with Gasteiger partial charge in [0.05, 0.1) is 5.69 Å². The maximum atomic E-state index is 14.1. The number of rotatable bonds is 4. The summed E-state index contributed by atoms with van der Waals surface area (Å²) in [7, 11) is 1.98. The average Bonchev–Trinajstić information content (AvgIpc) is 2.74. The molecule has 0 atom stereocenters. The van der Waals surface area contributed by atoms with Gasteiger partial charge in [0.25, 0.3) is 0 Å². The first-order chi connectivity index (χ1) is 13.6. The van der Waals surface area contributed by atoms with Crippen molar-refractivity contribution in [2.45, 2.75) is 6.92 Å². The second kappa shape index (κ2) is 7.84. The van der Waals surface area contributed by atoms with E-state index in [1.807, 2.05) is 67.4 Å². The number of anilines is 4. The van der Waals surface area contributed by atoms with Crippen LogP contribution in [0.2, 0.25) is 0 Å². The van der Waals surface area contributed by atoms with E-state index in [0.717, 1.165) is 43.4 Å². The number of halogens is 1. The fraction of sp³-hybridized carbons (Fsp3) is 0.273. The highest BCUT2D eigenvalue weighted by atomic mass is 19.1. The van der Waals surface area contributed by atoms with E-state index >= 15 is 0 Å². The van der Waals surface area contributed by atoms with Crippen molar-refractivity contribution in [2.75, 3.05) is 47.9 Å². The number of piperazine rings is 1. The van der Waals surface area contributed by atoms with Gasteiger partial charge in [0.15, 0.2) is 0 Å². The normalized spacial score (nSPS) is 14.2. The Balaban J connectivity index is 1.51. The lowest BCUT2D eigenvalue weighted by atomic mass is 10.2. The van der Waals surface area contributed by atoms with Crippen LogP contribution in [0.5, 0.6) is 0 Å². The standard InChI is InChI=1S/C22H24FN5/c1-17-16-21(25-22(24-17)26(2)18-8-4-3-5-9-18)28-14-12-27(13-15-28)20-11-7-6-10-19(20)23/h3-11,16H,12-15H2,1-2H3. The molecule has 0 N–H and O–H groups in total. The summed E-state index contributed by atoms with van der Waals surface area (Å²) < 4.78 is 14.1. The molecule has 0 aliphatic carbocycles. The number of para-hydroxylation sites is 2. The van der Waals surface area contributed by atoms with Crippen LogP contribution in [0.1, 0.15) is 5.69 Å². The molecule has 0 saturated carbocycles. The molecule has 144 valence electrons. The Labute approximate surface area is 165 Å². The second-order valence-electron chi connectivity index (χ2n) is 6.99. The van der Waals surface area contributed by atoms with E-state index in [1.54, 1.807) is 6.07 Å². The Morgan fingerprint density at radius 3 is 2.21 bits per heavy atom. The number of hydrogen-bond donors (Lipinski definition) is 0. The minimum atomic E-state index is -0.166. The van der Waals surface area contributed by atoms with Gasteiger partial charge in [-0.25, -0.2) is 9.37 Å². The van der Waals surface area contributed by atoms with Gasteiger partial charge in [-0.1, -0.05) is 30.3 Å². The van der Waals surface area contributed by atoms with Gasteiger partial charge in [-0.05, 0) is 31.2 Å². The molecule has 0 spiro atoms. The SMILES string of the molecule is Cc1cc(N2CCN(c3ccccc3F)CC2)nc(N(C)c2ccccc2)n1. The van der Waals surface area contributed by atoms with Gasteiger partial charge in [-0.3, -0.25) is 0 Å². The van der Waals surface area contributed by atoms with Gasteiger partial charge < -0.3 is 14.7 Å². The van der Waals surface area contributed by atoms with Crippen LogP contribution in [0.3, 0.4) is 0 Å². The minimum absolute atomic E-state index is 0.166. The zero-order valence-electron chi connectivity index (χ0n) is 16.2. The molecule has 1 fully saturated rings. The zero-order valence-corrected chi connectivity index (χ0v) is 16.2. The van der Waals surface area contributed by atoms with Gasteiger partial charge in [0, 0.05) is 50.7 Å². The van der Waals surface area contributed by atoms with Crippen molar-refractivity contribution in [3.8, 4) is 0 Å². The summed E-state index contributed by atoms with van der Waals surface area (Å²) in [6.45, 7) is 5.09. The van der Waals surface area contributed by atoms with Crippen molar-refractivity contribution in [1.29, 1.82) is 0 Å². The van der Waals surface area contributed by atoms with Crippen LogP contribution in [0.25, 0.3) is 0 Å². The first-order valence-corrected chi connectivity index (χ1v) is 9.51. The predicted molar refractivity (Wildman–Crippen MR) is 112 cm³/mol. The molecule has 0 bridgehead atoms. The van der Waals surface area contributed by atoms with Crippen LogP contribution in [0, 0.1) is 12.7 Å². The number of nitrogens with zero attached hydrogens (tertiary/aromatic N) is 5. The molecule has 4 rings (SSSR count). The second-order valence-corrected chi connectivity index (χ2v) is 6.99. The van der Waals surface area contributed by atoms with Crippen LogP contribution in [0.15, 0.2) is 60.7 Å². The van der Waals surface area contributed by atoms with Crippen LogP contribution in [-0.2, 0) is 0 Å². The van der Waals surface area contributed by atoms with E-state index < -0.39 is 0 Å². The summed E-state index contributed by atoms with van der Waals surface area (Å²) in [5.41, 5.74) is 2.65. The van der Waals surface area contributed by atoms with Crippen LogP contribution >= 0.6 is 0 Å². The van der Waals surface area contributed by atoms with Gasteiger partial charge in [-0.15, -0.1) is 0 Å². The van der Waals surface area contributed by atoms with Gasteiger partial charge in [0.2, 0.25) is 5.95 Å². The minimum Gasteiger partial charge on any atom is -0.366 e. The Bertz CT molecular complexity index is 939. The molecular weight excluding hydrogens is 353 g/mol. The molecule has 2 aromatic carbocycles. The molecule has 0 radical (unpaired) electrons. The summed E-state index contributed by atoms with van der Waals surface area (Å²) in [5.74, 6) is 1.43. The van der Waals surface area contributed by atoms with Gasteiger partial charge in [0.1, 0.15) is 11.6 Å². The first-order valence-electron chi connectivity index (χ1n) is 9.51. The summed E-state index contributed by atoms with van der Waals surface area (Å²) >= 11 is 0. The lowest BCUT2D eigenvalue weighted by Crippen LogP contribution is -2.47. The molecule has 28 heavy (non-hydrogen) atoms. The van der Waals surface area contributed by atoms with Gasteiger partial charge >= 0.3 is 0 Å². The van der Waals surface area contributed by atoms with Crippen LogP contribution < -0.4 is 14.7 Å². The molecular formula is C22H24FN5. The lowest BCUT2D eigenvalue weighted by Gasteiger charge is -2.37. The number of aryl methyl sites for hydroxylation is 1. The van der Waals surface area contributed by atoms with E-state index in [4.69, 9.17) is 4.98 Å². The molecule has 1 saturated heterocycles. The Morgan fingerprint density at radius 1 is 0.857 bits per heavy atom. The maximum Gasteiger partial charge on any atom is 0.231 e. The third kappa shape index (κ3) is 3.76. The molecule has 1 aliphatic heterocycles. The van der Waals surface area contributed by atoms with Crippen LogP contribution in [-0.4, -0.2) is 43.2 Å². The highest BCUT2D eigenvalue weighted by Gasteiger charge is 2.21. The highest BCUT2D eigenvalue weighted by molar-refractivity contribution is 5.58. The number of benzene rings is 2. The number of aromatic nitrogens is 2. The van der Waals surface area contributed by atoms with Crippen molar-refractivity contribution in [2.24, 2.45) is 0 Å².